The third-order valence-electron chi connectivity index (χ3n) is 5.90. The zero-order valence-corrected chi connectivity index (χ0v) is 19.2. The van der Waals surface area contributed by atoms with E-state index in [-0.39, 0.29) is 0 Å². The first-order valence-electron chi connectivity index (χ1n) is 11.2. The van der Waals surface area contributed by atoms with Crippen molar-refractivity contribution in [2.45, 2.75) is 13.8 Å². The summed E-state index contributed by atoms with van der Waals surface area (Å²) in [7, 11) is 0. The van der Waals surface area contributed by atoms with Crippen LogP contribution >= 0.6 is 0 Å². The van der Waals surface area contributed by atoms with Crippen molar-refractivity contribution in [1.29, 1.82) is 5.26 Å². The van der Waals surface area contributed by atoms with Gasteiger partial charge in [-0.15, -0.1) is 0 Å². The van der Waals surface area contributed by atoms with Crippen LogP contribution in [-0.2, 0) is 4.74 Å². The highest BCUT2D eigenvalue weighted by molar-refractivity contribution is 5.97. The van der Waals surface area contributed by atoms with Crippen LogP contribution in [0.15, 0.2) is 60.9 Å². The largest absolute Gasteiger partial charge is 0.455 e. The van der Waals surface area contributed by atoms with Gasteiger partial charge in [0.25, 0.3) is 0 Å². The van der Waals surface area contributed by atoms with E-state index < -0.39 is 0 Å². The SMILES string of the molecule is Cc1ccc(Oc2ccc(Nc3c(C#N)cnc4ccc(N5CCOCC5)cc34)cc2C)cn1. The number of nitrogens with one attached hydrogen (secondary N) is 1. The van der Waals surface area contributed by atoms with Gasteiger partial charge in [0.2, 0.25) is 0 Å². The maximum atomic E-state index is 9.77. The lowest BCUT2D eigenvalue weighted by Crippen LogP contribution is -2.36. The molecule has 1 N–H and O–H groups in total. The molecule has 2 aromatic carbocycles. The predicted molar refractivity (Wildman–Crippen MR) is 133 cm³/mol. The van der Waals surface area contributed by atoms with Crippen LogP contribution in [0.4, 0.5) is 17.1 Å². The summed E-state index contributed by atoms with van der Waals surface area (Å²) in [4.78, 5) is 11.1. The van der Waals surface area contributed by atoms with Crippen LogP contribution in [0.1, 0.15) is 16.8 Å². The maximum absolute atomic E-state index is 9.77. The first-order chi connectivity index (χ1) is 16.6. The molecule has 1 fully saturated rings. The average molecular weight is 452 g/mol. The first-order valence-corrected chi connectivity index (χ1v) is 11.2. The molecular weight excluding hydrogens is 426 g/mol. The lowest BCUT2D eigenvalue weighted by atomic mass is 10.1. The maximum Gasteiger partial charge on any atom is 0.145 e. The smallest absolute Gasteiger partial charge is 0.145 e. The molecule has 7 nitrogen and oxygen atoms in total. The van der Waals surface area contributed by atoms with E-state index >= 15 is 0 Å². The molecule has 170 valence electrons. The highest BCUT2D eigenvalue weighted by Crippen LogP contribution is 2.34. The van der Waals surface area contributed by atoms with Crippen LogP contribution in [0.3, 0.4) is 0 Å². The Bertz CT molecular complexity index is 1370. The van der Waals surface area contributed by atoms with Gasteiger partial charge >= 0.3 is 0 Å². The lowest BCUT2D eigenvalue weighted by molar-refractivity contribution is 0.122. The van der Waals surface area contributed by atoms with Gasteiger partial charge in [0.05, 0.1) is 36.2 Å². The quantitative estimate of drug-likeness (QED) is 0.429. The Morgan fingerprint density at radius 3 is 2.59 bits per heavy atom. The fourth-order valence-corrected chi connectivity index (χ4v) is 4.05. The third-order valence-corrected chi connectivity index (χ3v) is 5.90. The van der Waals surface area contributed by atoms with Gasteiger partial charge in [0, 0.05) is 41.7 Å². The zero-order valence-electron chi connectivity index (χ0n) is 19.2. The number of hydrogen-bond donors (Lipinski definition) is 1. The van der Waals surface area contributed by atoms with E-state index in [2.05, 4.69) is 38.4 Å². The van der Waals surface area contributed by atoms with Gasteiger partial charge in [-0.2, -0.15) is 5.26 Å². The minimum Gasteiger partial charge on any atom is -0.455 e. The van der Waals surface area contributed by atoms with Crippen LogP contribution < -0.4 is 15.0 Å². The molecule has 1 aliphatic rings. The van der Waals surface area contributed by atoms with Gasteiger partial charge in [-0.3, -0.25) is 9.97 Å². The zero-order chi connectivity index (χ0) is 23.5. The molecule has 1 saturated heterocycles. The molecule has 0 spiro atoms. The summed E-state index contributed by atoms with van der Waals surface area (Å²) in [5.74, 6) is 1.45. The Balaban J connectivity index is 1.46. The molecule has 0 saturated carbocycles. The van der Waals surface area contributed by atoms with Crippen molar-refractivity contribution in [2.24, 2.45) is 0 Å². The molecule has 0 unspecified atom stereocenters. The molecule has 0 atom stereocenters. The molecule has 7 heteroatoms. The summed E-state index contributed by atoms with van der Waals surface area (Å²) in [6.45, 7) is 7.05. The van der Waals surface area contributed by atoms with Gasteiger partial charge in [-0.05, 0) is 67.9 Å². The standard InChI is InChI=1S/C27H25N5O2/c1-18-13-21(4-8-26(18)34-23-6-3-19(2)29-17-23)31-27-20(15-28)16-30-25-7-5-22(14-24(25)27)32-9-11-33-12-10-32/h3-8,13-14,16-17H,9-12H2,1-2H3,(H,30,31). The number of ether oxygens (including phenoxy) is 2. The molecule has 1 aliphatic heterocycles. The van der Waals surface area contributed by atoms with E-state index in [1.165, 1.54) is 0 Å². The van der Waals surface area contributed by atoms with Gasteiger partial charge in [0.1, 0.15) is 17.6 Å². The van der Waals surface area contributed by atoms with Crippen LogP contribution in [0.25, 0.3) is 10.9 Å². The van der Waals surface area contributed by atoms with Crippen molar-refractivity contribution < 1.29 is 9.47 Å². The Labute approximate surface area is 198 Å². The second kappa shape index (κ2) is 9.38. The summed E-state index contributed by atoms with van der Waals surface area (Å²) in [5, 5.41) is 14.1. The third kappa shape index (κ3) is 4.49. The fourth-order valence-electron chi connectivity index (χ4n) is 4.05. The minimum absolute atomic E-state index is 0.496. The van der Waals surface area contributed by atoms with E-state index in [1.54, 1.807) is 12.4 Å². The summed E-state index contributed by atoms with van der Waals surface area (Å²) in [6.07, 6.45) is 3.34. The number of morpholine rings is 1. The van der Waals surface area contributed by atoms with E-state index in [0.29, 0.717) is 24.5 Å². The Morgan fingerprint density at radius 1 is 1.00 bits per heavy atom. The summed E-state index contributed by atoms with van der Waals surface area (Å²) >= 11 is 0. The van der Waals surface area contributed by atoms with Gasteiger partial charge in [-0.1, -0.05) is 0 Å². The Kier molecular flexibility index (Phi) is 5.98. The van der Waals surface area contributed by atoms with Gasteiger partial charge < -0.3 is 19.7 Å². The van der Waals surface area contributed by atoms with E-state index in [4.69, 9.17) is 9.47 Å². The number of nitriles is 1. The second-order valence-corrected chi connectivity index (χ2v) is 8.30. The Morgan fingerprint density at radius 2 is 1.85 bits per heavy atom. The summed E-state index contributed by atoms with van der Waals surface area (Å²) < 4.78 is 11.5. The minimum atomic E-state index is 0.496. The number of nitrogens with zero attached hydrogens (tertiary/aromatic N) is 4. The highest BCUT2D eigenvalue weighted by atomic mass is 16.5. The van der Waals surface area contributed by atoms with E-state index in [9.17, 15) is 5.26 Å². The molecule has 0 amide bonds. The fraction of sp³-hybridized carbons (Fsp3) is 0.222. The molecule has 0 aliphatic carbocycles. The molecule has 4 aromatic rings. The van der Waals surface area contributed by atoms with Crippen LogP contribution in [-0.4, -0.2) is 36.3 Å². The first kappa shape index (κ1) is 21.7. The molecule has 34 heavy (non-hydrogen) atoms. The second-order valence-electron chi connectivity index (χ2n) is 8.30. The monoisotopic (exact) mass is 451 g/mol. The number of benzene rings is 2. The summed E-state index contributed by atoms with van der Waals surface area (Å²) in [6, 6.07) is 18.2. The molecule has 2 aromatic heterocycles. The van der Waals surface area contributed by atoms with Crippen molar-refractivity contribution in [1.82, 2.24) is 9.97 Å². The number of aromatic nitrogens is 2. The topological polar surface area (TPSA) is 83.3 Å². The van der Waals surface area contributed by atoms with E-state index in [1.807, 2.05) is 50.2 Å². The predicted octanol–water partition coefficient (Wildman–Crippen LogP) is 5.49. The number of anilines is 3. The number of rotatable bonds is 5. The van der Waals surface area contributed by atoms with Crippen molar-refractivity contribution in [2.75, 3.05) is 36.5 Å². The van der Waals surface area contributed by atoms with Crippen molar-refractivity contribution in [3.8, 4) is 17.6 Å². The number of hydrogen-bond acceptors (Lipinski definition) is 7. The van der Waals surface area contributed by atoms with Gasteiger partial charge in [-0.25, -0.2) is 0 Å². The number of pyridine rings is 2. The summed E-state index contributed by atoms with van der Waals surface area (Å²) in [5.41, 5.74) is 5.96. The van der Waals surface area contributed by atoms with Crippen LogP contribution in [0.2, 0.25) is 0 Å². The van der Waals surface area contributed by atoms with Crippen LogP contribution in [0, 0.1) is 25.2 Å². The van der Waals surface area contributed by atoms with Crippen LogP contribution in [0.5, 0.6) is 11.5 Å². The number of aryl methyl sites for hydroxylation is 2. The van der Waals surface area contributed by atoms with Crippen molar-refractivity contribution >= 4 is 28.0 Å². The lowest BCUT2D eigenvalue weighted by Gasteiger charge is -2.29. The molecule has 0 radical (unpaired) electrons. The molecule has 0 bridgehead atoms. The molecular formula is C27H25N5O2. The highest BCUT2D eigenvalue weighted by Gasteiger charge is 2.15. The number of fused-ring (bicyclic) bond motifs is 1. The average Bonchev–Trinajstić information content (AvgIpc) is 2.87. The van der Waals surface area contributed by atoms with Crippen molar-refractivity contribution in [3.05, 3.63) is 77.7 Å². The van der Waals surface area contributed by atoms with Gasteiger partial charge in [0.15, 0.2) is 0 Å². The normalized spacial score (nSPS) is 13.5. The molecule has 5 rings (SSSR count). The van der Waals surface area contributed by atoms with E-state index in [0.717, 1.165) is 58.1 Å². The Hall–Kier alpha value is -4.15. The molecule has 3 heterocycles. The van der Waals surface area contributed by atoms with Crippen molar-refractivity contribution in [3.63, 3.8) is 0 Å².